The number of ether oxygens (including phenoxy) is 1. The van der Waals surface area contributed by atoms with Gasteiger partial charge >= 0.3 is 0 Å². The highest BCUT2D eigenvalue weighted by atomic mass is 19.1. The van der Waals surface area contributed by atoms with Crippen LogP contribution in [0.4, 0.5) is 10.2 Å². The quantitative estimate of drug-likeness (QED) is 0.837. The average Bonchev–Trinajstić information content (AvgIpc) is 3.20. The Balaban J connectivity index is 1.30. The fourth-order valence-corrected chi connectivity index (χ4v) is 3.76. The van der Waals surface area contributed by atoms with E-state index in [-0.39, 0.29) is 18.3 Å². The minimum Gasteiger partial charge on any atom is -0.484 e. The molecule has 0 saturated carbocycles. The predicted octanol–water partition coefficient (Wildman–Crippen LogP) is 1.90. The molecule has 1 aromatic carbocycles. The molecule has 1 aromatic heterocycles. The fraction of sp³-hybridized carbons (Fsp3) is 0.421. The van der Waals surface area contributed by atoms with Gasteiger partial charge in [0.15, 0.2) is 6.61 Å². The van der Waals surface area contributed by atoms with Crippen LogP contribution in [-0.2, 0) is 4.79 Å². The number of rotatable bonds is 4. The van der Waals surface area contributed by atoms with Crippen LogP contribution in [0, 0.1) is 24.6 Å². The highest BCUT2D eigenvalue weighted by Crippen LogP contribution is 2.33. The number of halogens is 1. The molecule has 0 bridgehead atoms. The molecule has 1 amide bonds. The largest absolute Gasteiger partial charge is 0.484 e. The molecule has 2 aliphatic rings. The predicted molar refractivity (Wildman–Crippen MR) is 94.4 cm³/mol. The molecule has 26 heavy (non-hydrogen) atoms. The zero-order valence-corrected chi connectivity index (χ0v) is 14.6. The van der Waals surface area contributed by atoms with Crippen LogP contribution in [0.1, 0.15) is 5.69 Å². The highest BCUT2D eigenvalue weighted by molar-refractivity contribution is 5.78. The van der Waals surface area contributed by atoms with Gasteiger partial charge in [-0.25, -0.2) is 14.4 Å². The molecule has 0 aliphatic carbocycles. The van der Waals surface area contributed by atoms with Crippen molar-refractivity contribution in [2.75, 3.05) is 37.7 Å². The lowest BCUT2D eigenvalue weighted by atomic mass is 10.0. The van der Waals surface area contributed by atoms with Crippen molar-refractivity contribution in [2.24, 2.45) is 11.8 Å². The van der Waals surface area contributed by atoms with Crippen molar-refractivity contribution < 1.29 is 13.9 Å². The van der Waals surface area contributed by atoms with E-state index in [2.05, 4.69) is 14.9 Å². The van der Waals surface area contributed by atoms with Crippen molar-refractivity contribution in [1.29, 1.82) is 0 Å². The van der Waals surface area contributed by atoms with Crippen molar-refractivity contribution in [1.82, 2.24) is 14.9 Å². The molecule has 2 unspecified atom stereocenters. The lowest BCUT2D eigenvalue weighted by Crippen LogP contribution is -2.36. The highest BCUT2D eigenvalue weighted by Gasteiger charge is 2.42. The molecule has 6 nitrogen and oxygen atoms in total. The van der Waals surface area contributed by atoms with Crippen LogP contribution in [0.5, 0.6) is 5.75 Å². The number of hydrogen-bond acceptors (Lipinski definition) is 5. The van der Waals surface area contributed by atoms with Gasteiger partial charge in [-0.3, -0.25) is 4.79 Å². The third-order valence-electron chi connectivity index (χ3n) is 5.13. The summed E-state index contributed by atoms with van der Waals surface area (Å²) in [5.41, 5.74) is 0.960. The first-order valence-corrected chi connectivity index (χ1v) is 8.78. The fourth-order valence-electron chi connectivity index (χ4n) is 3.76. The molecule has 2 atom stereocenters. The van der Waals surface area contributed by atoms with E-state index in [0.29, 0.717) is 17.6 Å². The van der Waals surface area contributed by atoms with E-state index in [4.69, 9.17) is 4.74 Å². The van der Waals surface area contributed by atoms with Gasteiger partial charge in [0.25, 0.3) is 5.91 Å². The Kier molecular flexibility index (Phi) is 4.44. The topological polar surface area (TPSA) is 58.6 Å². The Morgan fingerprint density at radius 1 is 1.15 bits per heavy atom. The van der Waals surface area contributed by atoms with Gasteiger partial charge in [0.05, 0.1) is 0 Å². The van der Waals surface area contributed by atoms with Gasteiger partial charge in [-0.2, -0.15) is 0 Å². The van der Waals surface area contributed by atoms with Crippen molar-refractivity contribution in [3.63, 3.8) is 0 Å². The van der Waals surface area contributed by atoms with E-state index in [1.54, 1.807) is 6.33 Å². The minimum atomic E-state index is -0.320. The molecule has 4 rings (SSSR count). The number of nitrogens with zero attached hydrogens (tertiary/aromatic N) is 4. The van der Waals surface area contributed by atoms with Crippen LogP contribution in [-0.4, -0.2) is 53.6 Å². The Morgan fingerprint density at radius 3 is 2.50 bits per heavy atom. The van der Waals surface area contributed by atoms with Gasteiger partial charge in [0, 0.05) is 49.8 Å². The first kappa shape index (κ1) is 16.8. The number of hydrogen-bond donors (Lipinski definition) is 0. The summed E-state index contributed by atoms with van der Waals surface area (Å²) in [6.07, 6.45) is 1.60. The first-order chi connectivity index (χ1) is 12.6. The molecule has 2 aromatic rings. The maximum absolute atomic E-state index is 12.9. The summed E-state index contributed by atoms with van der Waals surface area (Å²) in [6, 6.07) is 7.71. The smallest absolute Gasteiger partial charge is 0.260 e. The van der Waals surface area contributed by atoms with E-state index in [1.165, 1.54) is 24.3 Å². The molecule has 0 spiro atoms. The summed E-state index contributed by atoms with van der Waals surface area (Å²) >= 11 is 0. The summed E-state index contributed by atoms with van der Waals surface area (Å²) in [6.45, 7) is 5.25. The van der Waals surface area contributed by atoms with Crippen LogP contribution >= 0.6 is 0 Å². The molecule has 2 saturated heterocycles. The van der Waals surface area contributed by atoms with Crippen molar-refractivity contribution in [2.45, 2.75) is 6.92 Å². The summed E-state index contributed by atoms with van der Waals surface area (Å²) < 4.78 is 18.4. The number of amides is 1. The van der Waals surface area contributed by atoms with Gasteiger partial charge in [0.2, 0.25) is 0 Å². The van der Waals surface area contributed by atoms with Crippen molar-refractivity contribution in [3.8, 4) is 5.75 Å². The Morgan fingerprint density at radius 2 is 1.85 bits per heavy atom. The minimum absolute atomic E-state index is 0.0140. The van der Waals surface area contributed by atoms with Gasteiger partial charge < -0.3 is 14.5 Å². The number of aryl methyl sites for hydroxylation is 1. The van der Waals surface area contributed by atoms with E-state index in [9.17, 15) is 9.18 Å². The molecule has 7 heteroatoms. The van der Waals surface area contributed by atoms with Crippen LogP contribution in [0.2, 0.25) is 0 Å². The van der Waals surface area contributed by atoms with Gasteiger partial charge in [-0.05, 0) is 31.2 Å². The monoisotopic (exact) mass is 356 g/mol. The number of carbonyl (C=O) groups excluding carboxylic acids is 1. The molecular weight excluding hydrogens is 335 g/mol. The second-order valence-corrected chi connectivity index (χ2v) is 6.98. The molecule has 2 aliphatic heterocycles. The van der Waals surface area contributed by atoms with Crippen molar-refractivity contribution in [3.05, 3.63) is 48.2 Å². The number of carbonyl (C=O) groups is 1. The Bertz CT molecular complexity index is 784. The van der Waals surface area contributed by atoms with E-state index in [1.807, 2.05) is 17.9 Å². The van der Waals surface area contributed by atoms with E-state index < -0.39 is 0 Å². The standard InChI is InChI=1S/C19H21FN4O2/c1-13-6-18(22-12-21-13)23-7-14-9-24(10-15(14)8-23)19(25)11-26-17-4-2-16(20)3-5-17/h2-6,12,14-15H,7-11H2,1H3. The maximum Gasteiger partial charge on any atom is 0.260 e. The van der Waals surface area contributed by atoms with Crippen LogP contribution in [0.15, 0.2) is 36.7 Å². The summed E-state index contributed by atoms with van der Waals surface area (Å²) in [5.74, 6) is 2.04. The second kappa shape index (κ2) is 6.90. The number of anilines is 1. The zero-order valence-electron chi connectivity index (χ0n) is 14.6. The summed E-state index contributed by atoms with van der Waals surface area (Å²) in [4.78, 5) is 25.1. The molecule has 0 radical (unpaired) electrons. The zero-order chi connectivity index (χ0) is 18.1. The normalized spacial score (nSPS) is 21.8. The van der Waals surface area contributed by atoms with Gasteiger partial charge in [-0.15, -0.1) is 0 Å². The molecule has 2 fully saturated rings. The van der Waals surface area contributed by atoms with E-state index in [0.717, 1.165) is 37.7 Å². The lowest BCUT2D eigenvalue weighted by Gasteiger charge is -2.22. The lowest BCUT2D eigenvalue weighted by molar-refractivity contribution is -0.132. The first-order valence-electron chi connectivity index (χ1n) is 8.78. The molecule has 3 heterocycles. The van der Waals surface area contributed by atoms with Crippen LogP contribution in [0.3, 0.4) is 0 Å². The average molecular weight is 356 g/mol. The number of aromatic nitrogens is 2. The third-order valence-corrected chi connectivity index (χ3v) is 5.13. The Labute approximate surface area is 151 Å². The molecule has 0 N–H and O–H groups in total. The van der Waals surface area contributed by atoms with E-state index >= 15 is 0 Å². The molecular formula is C19H21FN4O2. The maximum atomic E-state index is 12.9. The van der Waals surface area contributed by atoms with Gasteiger partial charge in [-0.1, -0.05) is 0 Å². The SMILES string of the molecule is Cc1cc(N2CC3CN(C(=O)COc4ccc(F)cc4)CC3C2)ncn1. The van der Waals surface area contributed by atoms with Crippen molar-refractivity contribution >= 4 is 11.7 Å². The Hall–Kier alpha value is -2.70. The second-order valence-electron chi connectivity index (χ2n) is 6.98. The number of likely N-dealkylation sites (tertiary alicyclic amines) is 1. The summed E-state index contributed by atoms with van der Waals surface area (Å²) in [5, 5.41) is 0. The van der Waals surface area contributed by atoms with Crippen LogP contribution in [0.25, 0.3) is 0 Å². The van der Waals surface area contributed by atoms with Crippen LogP contribution < -0.4 is 9.64 Å². The van der Waals surface area contributed by atoms with Gasteiger partial charge in [0.1, 0.15) is 23.7 Å². The third kappa shape index (κ3) is 3.47. The number of benzene rings is 1. The molecule has 136 valence electrons. The number of fused-ring (bicyclic) bond motifs is 1. The summed E-state index contributed by atoms with van der Waals surface area (Å²) in [7, 11) is 0.